The number of rotatable bonds is 6. The largest absolute Gasteiger partial charge is 0.389 e. The molecule has 0 aliphatic carbocycles. The van der Waals surface area contributed by atoms with Crippen LogP contribution in [0.3, 0.4) is 0 Å². The Kier molecular flexibility index (Phi) is 5.08. The first kappa shape index (κ1) is 15.2. The number of hydrogen-bond acceptors (Lipinski definition) is 4. The average molecular weight is 277 g/mol. The Morgan fingerprint density at radius 3 is 2.68 bits per heavy atom. The van der Waals surface area contributed by atoms with Crippen molar-refractivity contribution in [2.24, 2.45) is 0 Å². The standard InChI is InChI=1S/C11H14F3N3O2/c1-8-6-9(17(18)19)10(16-7-8)15-5-3-2-4-11(12,13)14/h6-7H,2-5H2,1H3,(H,15,16). The molecule has 19 heavy (non-hydrogen) atoms. The topological polar surface area (TPSA) is 68.1 Å². The number of alkyl halides is 3. The van der Waals surface area contributed by atoms with Gasteiger partial charge in [0.15, 0.2) is 0 Å². The van der Waals surface area contributed by atoms with E-state index in [1.807, 2.05) is 0 Å². The molecule has 0 radical (unpaired) electrons. The molecule has 0 atom stereocenters. The van der Waals surface area contributed by atoms with Crippen molar-refractivity contribution in [3.8, 4) is 0 Å². The molecule has 0 spiro atoms. The summed E-state index contributed by atoms with van der Waals surface area (Å²) in [5, 5.41) is 13.5. The molecule has 0 saturated carbocycles. The number of hydrogen-bond donors (Lipinski definition) is 1. The lowest BCUT2D eigenvalue weighted by molar-refractivity contribution is -0.384. The Bertz CT molecular complexity index is 449. The van der Waals surface area contributed by atoms with Crippen LogP contribution in [0.2, 0.25) is 0 Å². The number of halogens is 3. The fraction of sp³-hybridized carbons (Fsp3) is 0.545. The molecule has 0 aromatic carbocycles. The van der Waals surface area contributed by atoms with Crippen LogP contribution in [0.15, 0.2) is 12.3 Å². The molecule has 1 N–H and O–H groups in total. The van der Waals surface area contributed by atoms with E-state index in [1.165, 1.54) is 12.3 Å². The molecule has 0 aliphatic heterocycles. The third-order valence-corrected chi connectivity index (χ3v) is 2.38. The van der Waals surface area contributed by atoms with E-state index >= 15 is 0 Å². The van der Waals surface area contributed by atoms with E-state index in [9.17, 15) is 23.3 Å². The van der Waals surface area contributed by atoms with Crippen LogP contribution in [0.5, 0.6) is 0 Å². The predicted octanol–water partition coefficient (Wildman–Crippen LogP) is 3.44. The van der Waals surface area contributed by atoms with Crippen LogP contribution in [-0.4, -0.2) is 22.6 Å². The van der Waals surface area contributed by atoms with Crippen molar-refractivity contribution < 1.29 is 18.1 Å². The van der Waals surface area contributed by atoms with Gasteiger partial charge in [0.25, 0.3) is 0 Å². The molecular formula is C11H14F3N3O2. The van der Waals surface area contributed by atoms with Gasteiger partial charge in [0.2, 0.25) is 5.82 Å². The van der Waals surface area contributed by atoms with E-state index in [4.69, 9.17) is 0 Å². The molecule has 8 heteroatoms. The molecule has 1 rings (SSSR count). The summed E-state index contributed by atoms with van der Waals surface area (Å²) >= 11 is 0. The van der Waals surface area contributed by atoms with Gasteiger partial charge in [-0.1, -0.05) is 0 Å². The number of aromatic nitrogens is 1. The number of aryl methyl sites for hydroxylation is 1. The number of anilines is 1. The Balaban J connectivity index is 2.47. The molecule has 1 aromatic rings. The van der Waals surface area contributed by atoms with Crippen molar-refractivity contribution in [2.75, 3.05) is 11.9 Å². The number of nitrogens with zero attached hydrogens (tertiary/aromatic N) is 2. The van der Waals surface area contributed by atoms with E-state index in [-0.39, 0.29) is 30.9 Å². The number of pyridine rings is 1. The fourth-order valence-corrected chi connectivity index (χ4v) is 1.49. The zero-order valence-electron chi connectivity index (χ0n) is 10.3. The van der Waals surface area contributed by atoms with Gasteiger partial charge in [-0.3, -0.25) is 10.1 Å². The zero-order valence-corrected chi connectivity index (χ0v) is 10.3. The van der Waals surface area contributed by atoms with Gasteiger partial charge in [0.1, 0.15) is 0 Å². The first-order valence-corrected chi connectivity index (χ1v) is 5.71. The van der Waals surface area contributed by atoms with E-state index in [1.54, 1.807) is 6.92 Å². The van der Waals surface area contributed by atoms with Crippen LogP contribution < -0.4 is 5.32 Å². The molecule has 0 unspecified atom stereocenters. The van der Waals surface area contributed by atoms with Crippen LogP contribution in [0.1, 0.15) is 24.8 Å². The van der Waals surface area contributed by atoms with Crippen molar-refractivity contribution >= 4 is 11.5 Å². The molecule has 5 nitrogen and oxygen atoms in total. The van der Waals surface area contributed by atoms with Crippen molar-refractivity contribution in [1.29, 1.82) is 0 Å². The SMILES string of the molecule is Cc1cnc(NCCCCC(F)(F)F)c([N+](=O)[O-])c1. The van der Waals surface area contributed by atoms with Crippen molar-refractivity contribution in [1.82, 2.24) is 4.98 Å². The average Bonchev–Trinajstić information content (AvgIpc) is 2.28. The number of unbranched alkanes of at least 4 members (excludes halogenated alkanes) is 1. The summed E-state index contributed by atoms with van der Waals surface area (Å²) in [6, 6.07) is 1.37. The Morgan fingerprint density at radius 1 is 1.42 bits per heavy atom. The second-order valence-electron chi connectivity index (χ2n) is 4.14. The molecule has 106 valence electrons. The van der Waals surface area contributed by atoms with E-state index in [2.05, 4.69) is 10.3 Å². The fourth-order valence-electron chi connectivity index (χ4n) is 1.49. The number of nitro groups is 1. The van der Waals surface area contributed by atoms with Crippen LogP contribution in [0.4, 0.5) is 24.7 Å². The number of nitrogens with one attached hydrogen (secondary N) is 1. The lowest BCUT2D eigenvalue weighted by Gasteiger charge is -2.08. The van der Waals surface area contributed by atoms with Gasteiger partial charge in [-0.15, -0.1) is 0 Å². The Hall–Kier alpha value is -1.86. The van der Waals surface area contributed by atoms with Gasteiger partial charge in [-0.05, 0) is 25.3 Å². The smallest absolute Gasteiger partial charge is 0.364 e. The molecule has 0 saturated heterocycles. The van der Waals surface area contributed by atoms with Gasteiger partial charge in [0, 0.05) is 25.2 Å². The Labute approximate surface area is 108 Å². The summed E-state index contributed by atoms with van der Waals surface area (Å²) in [7, 11) is 0. The van der Waals surface area contributed by atoms with Crippen molar-refractivity contribution in [3.05, 3.63) is 27.9 Å². The molecule has 1 aromatic heterocycles. The van der Waals surface area contributed by atoms with E-state index < -0.39 is 17.5 Å². The summed E-state index contributed by atoms with van der Waals surface area (Å²) < 4.78 is 35.7. The van der Waals surface area contributed by atoms with Gasteiger partial charge in [0.05, 0.1) is 4.92 Å². The van der Waals surface area contributed by atoms with Crippen molar-refractivity contribution in [2.45, 2.75) is 32.4 Å². The van der Waals surface area contributed by atoms with Crippen LogP contribution in [0, 0.1) is 17.0 Å². The lowest BCUT2D eigenvalue weighted by Crippen LogP contribution is -2.10. The van der Waals surface area contributed by atoms with E-state index in [0.29, 0.717) is 5.56 Å². The third-order valence-electron chi connectivity index (χ3n) is 2.38. The highest BCUT2D eigenvalue weighted by atomic mass is 19.4. The Morgan fingerprint density at radius 2 is 2.11 bits per heavy atom. The van der Waals surface area contributed by atoms with E-state index in [0.717, 1.165) is 0 Å². The van der Waals surface area contributed by atoms with Gasteiger partial charge >= 0.3 is 11.9 Å². The molecule has 0 aliphatic rings. The predicted molar refractivity (Wildman–Crippen MR) is 64.0 cm³/mol. The second kappa shape index (κ2) is 6.35. The van der Waals surface area contributed by atoms with Gasteiger partial charge in [-0.2, -0.15) is 13.2 Å². The molecule has 0 bridgehead atoms. The van der Waals surface area contributed by atoms with Crippen LogP contribution >= 0.6 is 0 Å². The molecule has 0 amide bonds. The summed E-state index contributed by atoms with van der Waals surface area (Å²) in [6.45, 7) is 1.89. The summed E-state index contributed by atoms with van der Waals surface area (Å²) in [4.78, 5) is 14.1. The first-order valence-electron chi connectivity index (χ1n) is 5.71. The third kappa shape index (κ3) is 5.54. The summed E-state index contributed by atoms with van der Waals surface area (Å²) in [5.74, 6) is 0.0857. The maximum absolute atomic E-state index is 11.9. The maximum Gasteiger partial charge on any atom is 0.389 e. The van der Waals surface area contributed by atoms with Crippen molar-refractivity contribution in [3.63, 3.8) is 0 Å². The highest BCUT2D eigenvalue weighted by molar-refractivity contribution is 5.56. The molecule has 0 fully saturated rings. The highest BCUT2D eigenvalue weighted by Gasteiger charge is 2.25. The minimum absolute atomic E-state index is 0.0177. The van der Waals surface area contributed by atoms with Crippen LogP contribution in [-0.2, 0) is 0 Å². The monoisotopic (exact) mass is 277 g/mol. The van der Waals surface area contributed by atoms with Gasteiger partial charge < -0.3 is 5.32 Å². The van der Waals surface area contributed by atoms with Gasteiger partial charge in [-0.25, -0.2) is 4.98 Å². The lowest BCUT2D eigenvalue weighted by atomic mass is 10.2. The van der Waals surface area contributed by atoms with Crippen LogP contribution in [0.25, 0.3) is 0 Å². The summed E-state index contributed by atoms with van der Waals surface area (Å²) in [6.07, 6.45) is -3.29. The summed E-state index contributed by atoms with van der Waals surface area (Å²) in [5.41, 5.74) is 0.477. The second-order valence-corrected chi connectivity index (χ2v) is 4.14. The maximum atomic E-state index is 11.9. The normalized spacial score (nSPS) is 11.4. The quantitative estimate of drug-likeness (QED) is 0.491. The minimum atomic E-state index is -4.16. The highest BCUT2D eigenvalue weighted by Crippen LogP contribution is 2.24. The zero-order chi connectivity index (χ0) is 14.5. The minimum Gasteiger partial charge on any atom is -0.364 e. The molecule has 1 heterocycles. The first-order chi connectivity index (χ1) is 8.79. The molecular weight excluding hydrogens is 263 g/mol.